The van der Waals surface area contributed by atoms with Crippen LogP contribution in [0.1, 0.15) is 27.0 Å². The quantitative estimate of drug-likeness (QED) is 0.481. The summed E-state index contributed by atoms with van der Waals surface area (Å²) >= 11 is 6.02. The maximum atomic E-state index is 13.7. The number of ether oxygens (including phenoxy) is 2. The van der Waals surface area contributed by atoms with Crippen molar-refractivity contribution in [1.29, 1.82) is 5.26 Å². The summed E-state index contributed by atoms with van der Waals surface area (Å²) < 4.78 is 24.4. The number of halogens is 2. The Hall–Kier alpha value is -4.09. The van der Waals surface area contributed by atoms with E-state index in [1.54, 1.807) is 42.5 Å². The molecule has 0 radical (unpaired) electrons. The molecule has 0 aliphatic heterocycles. The van der Waals surface area contributed by atoms with Gasteiger partial charge in [-0.15, -0.1) is 0 Å². The van der Waals surface area contributed by atoms with Gasteiger partial charge in [-0.2, -0.15) is 5.26 Å². The summed E-state index contributed by atoms with van der Waals surface area (Å²) in [5.74, 6) is -0.559. The van der Waals surface area contributed by atoms with Crippen LogP contribution in [-0.4, -0.2) is 25.5 Å². The van der Waals surface area contributed by atoms with Crippen molar-refractivity contribution in [2.45, 2.75) is 13.1 Å². The number of nitriles is 1. The standard InChI is InChI=1S/C25H21ClFN3O4/c1-33-21-10-19(9-20(26)11-21)25(32)30-14-18-7-6-16(12-28)8-23(18)34-15-24(31)29-13-17-4-2-3-5-22(17)27/h2-11H,13-15H2,1H3,(H,29,31)(H,30,32). The molecule has 0 spiro atoms. The highest BCUT2D eigenvalue weighted by Gasteiger charge is 2.13. The molecule has 0 heterocycles. The highest BCUT2D eigenvalue weighted by atomic mass is 35.5. The van der Waals surface area contributed by atoms with Crippen molar-refractivity contribution >= 4 is 23.4 Å². The molecule has 0 fully saturated rings. The number of nitrogens with zero attached hydrogens (tertiary/aromatic N) is 1. The van der Waals surface area contributed by atoms with Crippen LogP contribution < -0.4 is 20.1 Å². The van der Waals surface area contributed by atoms with Crippen LogP contribution in [0.5, 0.6) is 11.5 Å². The molecule has 0 saturated carbocycles. The molecule has 0 saturated heterocycles. The number of methoxy groups -OCH3 is 1. The SMILES string of the molecule is COc1cc(Cl)cc(C(=O)NCc2ccc(C#N)cc2OCC(=O)NCc2ccccc2F)c1. The maximum Gasteiger partial charge on any atom is 0.258 e. The molecule has 3 aromatic carbocycles. The summed E-state index contributed by atoms with van der Waals surface area (Å²) in [6, 6.07) is 17.5. The van der Waals surface area contributed by atoms with E-state index in [2.05, 4.69) is 10.6 Å². The molecule has 0 aliphatic carbocycles. The Morgan fingerprint density at radius 3 is 2.53 bits per heavy atom. The van der Waals surface area contributed by atoms with Gasteiger partial charge >= 0.3 is 0 Å². The zero-order valence-electron chi connectivity index (χ0n) is 18.2. The zero-order valence-corrected chi connectivity index (χ0v) is 19.0. The molecule has 3 rings (SSSR count). The third kappa shape index (κ3) is 6.70. The molecule has 174 valence electrons. The fraction of sp³-hybridized carbons (Fsp3) is 0.160. The van der Waals surface area contributed by atoms with Crippen LogP contribution in [-0.2, 0) is 17.9 Å². The molecular formula is C25H21ClFN3O4. The van der Waals surface area contributed by atoms with Crippen LogP contribution in [0.3, 0.4) is 0 Å². The number of amides is 2. The van der Waals surface area contributed by atoms with Crippen LogP contribution in [0.2, 0.25) is 5.02 Å². The summed E-state index contributed by atoms with van der Waals surface area (Å²) in [4.78, 5) is 24.8. The summed E-state index contributed by atoms with van der Waals surface area (Å²) in [5.41, 5.74) is 1.55. The first kappa shape index (κ1) is 24.6. The normalized spacial score (nSPS) is 10.2. The lowest BCUT2D eigenvalue weighted by Crippen LogP contribution is -2.29. The topological polar surface area (TPSA) is 100 Å². The lowest BCUT2D eigenvalue weighted by Gasteiger charge is -2.13. The number of hydrogen-bond acceptors (Lipinski definition) is 5. The summed E-state index contributed by atoms with van der Waals surface area (Å²) in [6.45, 7) is -0.263. The van der Waals surface area contributed by atoms with E-state index in [9.17, 15) is 19.2 Å². The van der Waals surface area contributed by atoms with Crippen molar-refractivity contribution in [3.05, 3.63) is 93.8 Å². The highest BCUT2D eigenvalue weighted by Crippen LogP contribution is 2.22. The van der Waals surface area contributed by atoms with E-state index >= 15 is 0 Å². The fourth-order valence-electron chi connectivity index (χ4n) is 3.02. The smallest absolute Gasteiger partial charge is 0.258 e. The number of benzene rings is 3. The molecule has 7 nitrogen and oxygen atoms in total. The Kier molecular flexibility index (Phi) is 8.43. The van der Waals surface area contributed by atoms with E-state index in [-0.39, 0.29) is 25.4 Å². The number of nitrogens with one attached hydrogen (secondary N) is 2. The van der Waals surface area contributed by atoms with Crippen molar-refractivity contribution < 1.29 is 23.5 Å². The Morgan fingerprint density at radius 2 is 1.79 bits per heavy atom. The van der Waals surface area contributed by atoms with E-state index in [0.717, 1.165) is 0 Å². The second-order valence-electron chi connectivity index (χ2n) is 7.15. The van der Waals surface area contributed by atoms with Crippen molar-refractivity contribution in [3.8, 4) is 17.6 Å². The lowest BCUT2D eigenvalue weighted by atomic mass is 10.1. The molecule has 3 aromatic rings. The van der Waals surface area contributed by atoms with Crippen LogP contribution in [0.4, 0.5) is 4.39 Å². The number of rotatable bonds is 9. The molecule has 2 amide bonds. The van der Waals surface area contributed by atoms with Crippen molar-refractivity contribution in [1.82, 2.24) is 10.6 Å². The average Bonchev–Trinajstić information content (AvgIpc) is 2.85. The van der Waals surface area contributed by atoms with Crippen molar-refractivity contribution in [3.63, 3.8) is 0 Å². The molecule has 0 aromatic heterocycles. The highest BCUT2D eigenvalue weighted by molar-refractivity contribution is 6.31. The summed E-state index contributed by atoms with van der Waals surface area (Å²) in [5, 5.41) is 14.9. The van der Waals surface area contributed by atoms with E-state index < -0.39 is 17.6 Å². The minimum atomic E-state index is -0.466. The van der Waals surface area contributed by atoms with Gasteiger partial charge in [-0.1, -0.05) is 35.9 Å². The largest absolute Gasteiger partial charge is 0.497 e. The minimum absolute atomic E-state index is 0.0130. The molecular weight excluding hydrogens is 461 g/mol. The lowest BCUT2D eigenvalue weighted by molar-refractivity contribution is -0.123. The Balaban J connectivity index is 1.63. The number of carbonyl (C=O) groups excluding carboxylic acids is 2. The molecule has 0 atom stereocenters. The summed E-state index contributed by atoms with van der Waals surface area (Å²) in [7, 11) is 1.47. The first-order valence-corrected chi connectivity index (χ1v) is 10.6. The molecule has 34 heavy (non-hydrogen) atoms. The Morgan fingerprint density at radius 1 is 1.03 bits per heavy atom. The minimum Gasteiger partial charge on any atom is -0.497 e. The zero-order chi connectivity index (χ0) is 24.5. The van der Waals surface area contributed by atoms with Gasteiger partial charge < -0.3 is 20.1 Å². The van der Waals surface area contributed by atoms with E-state index in [0.29, 0.717) is 33.0 Å². The van der Waals surface area contributed by atoms with Crippen LogP contribution >= 0.6 is 11.6 Å². The second-order valence-corrected chi connectivity index (χ2v) is 7.59. The predicted octanol–water partition coefficient (Wildman–Crippen LogP) is 3.98. The van der Waals surface area contributed by atoms with Gasteiger partial charge in [-0.3, -0.25) is 9.59 Å². The third-order valence-electron chi connectivity index (χ3n) is 4.80. The summed E-state index contributed by atoms with van der Waals surface area (Å²) in [6.07, 6.45) is 0. The molecule has 2 N–H and O–H groups in total. The first-order valence-electron chi connectivity index (χ1n) is 10.2. The van der Waals surface area contributed by atoms with Gasteiger partial charge in [0.15, 0.2) is 6.61 Å². The molecule has 0 unspecified atom stereocenters. The van der Waals surface area contributed by atoms with Gasteiger partial charge in [0.05, 0.1) is 18.7 Å². The third-order valence-corrected chi connectivity index (χ3v) is 5.02. The number of carbonyl (C=O) groups is 2. The van der Waals surface area contributed by atoms with Gasteiger partial charge in [-0.25, -0.2) is 4.39 Å². The van der Waals surface area contributed by atoms with E-state index in [4.69, 9.17) is 21.1 Å². The van der Waals surface area contributed by atoms with E-state index in [1.807, 2.05) is 6.07 Å². The molecule has 0 aliphatic rings. The number of hydrogen-bond donors (Lipinski definition) is 2. The average molecular weight is 482 g/mol. The molecule has 9 heteroatoms. The maximum absolute atomic E-state index is 13.7. The fourth-order valence-corrected chi connectivity index (χ4v) is 3.25. The second kappa shape index (κ2) is 11.7. The Bertz CT molecular complexity index is 1240. The Labute approximate surface area is 201 Å². The monoisotopic (exact) mass is 481 g/mol. The van der Waals surface area contributed by atoms with Gasteiger partial charge in [0, 0.05) is 34.8 Å². The van der Waals surface area contributed by atoms with Gasteiger partial charge in [-0.05, 0) is 36.4 Å². The van der Waals surface area contributed by atoms with Crippen molar-refractivity contribution in [2.24, 2.45) is 0 Å². The molecule has 0 bridgehead atoms. The van der Waals surface area contributed by atoms with E-state index in [1.165, 1.54) is 25.3 Å². The van der Waals surface area contributed by atoms with Gasteiger partial charge in [0.2, 0.25) is 0 Å². The van der Waals surface area contributed by atoms with Crippen LogP contribution in [0, 0.1) is 17.1 Å². The van der Waals surface area contributed by atoms with Gasteiger partial charge in [0.25, 0.3) is 11.8 Å². The van der Waals surface area contributed by atoms with Crippen molar-refractivity contribution in [2.75, 3.05) is 13.7 Å². The first-order chi connectivity index (χ1) is 16.4. The van der Waals surface area contributed by atoms with Crippen LogP contribution in [0.25, 0.3) is 0 Å². The predicted molar refractivity (Wildman–Crippen MR) is 124 cm³/mol. The van der Waals surface area contributed by atoms with Crippen LogP contribution in [0.15, 0.2) is 60.7 Å². The van der Waals surface area contributed by atoms with Gasteiger partial charge in [0.1, 0.15) is 17.3 Å².